The molecular formula is C13H17F2NO3. The van der Waals surface area contributed by atoms with Crippen LogP contribution in [-0.4, -0.2) is 24.7 Å². The van der Waals surface area contributed by atoms with Crippen LogP contribution < -0.4 is 10.5 Å². The maximum absolute atomic E-state index is 13.5. The van der Waals surface area contributed by atoms with E-state index in [0.717, 1.165) is 6.92 Å². The van der Waals surface area contributed by atoms with E-state index in [1.54, 1.807) is 6.92 Å². The molecule has 0 bridgehead atoms. The van der Waals surface area contributed by atoms with Gasteiger partial charge in [0.2, 0.25) is 0 Å². The lowest BCUT2D eigenvalue weighted by Crippen LogP contribution is -2.24. The molecule has 0 fully saturated rings. The molecule has 0 radical (unpaired) electrons. The van der Waals surface area contributed by atoms with Gasteiger partial charge in [0, 0.05) is 19.0 Å². The van der Waals surface area contributed by atoms with Crippen molar-refractivity contribution in [1.29, 1.82) is 0 Å². The van der Waals surface area contributed by atoms with E-state index in [4.69, 9.17) is 15.6 Å². The van der Waals surface area contributed by atoms with Gasteiger partial charge >= 0.3 is 5.97 Å². The molecule has 1 rings (SSSR count). The molecule has 0 spiro atoms. The van der Waals surface area contributed by atoms with E-state index in [1.807, 2.05) is 0 Å². The van der Waals surface area contributed by atoms with Crippen LogP contribution in [0.3, 0.4) is 0 Å². The fraction of sp³-hybridized carbons (Fsp3) is 0.462. The summed E-state index contributed by atoms with van der Waals surface area (Å²) in [7, 11) is 1.24. The maximum atomic E-state index is 13.5. The molecule has 1 aromatic rings. The van der Waals surface area contributed by atoms with Crippen molar-refractivity contribution in [3.63, 3.8) is 0 Å². The second kappa shape index (κ2) is 5.52. The van der Waals surface area contributed by atoms with Crippen molar-refractivity contribution < 1.29 is 23.4 Å². The summed E-state index contributed by atoms with van der Waals surface area (Å²) in [5.41, 5.74) is 5.86. The topological polar surface area (TPSA) is 72.5 Å². The molecule has 106 valence electrons. The minimum absolute atomic E-state index is 0.106. The summed E-state index contributed by atoms with van der Waals surface area (Å²) in [6.45, 7) is 2.19. The highest BCUT2D eigenvalue weighted by atomic mass is 19.3. The first kappa shape index (κ1) is 15.4. The van der Waals surface area contributed by atoms with Crippen LogP contribution in [0.25, 0.3) is 0 Å². The Morgan fingerprint density at radius 3 is 2.47 bits per heavy atom. The Kier molecular flexibility index (Phi) is 4.47. The summed E-state index contributed by atoms with van der Waals surface area (Å²) in [5, 5.41) is 9.14. The highest BCUT2D eigenvalue weighted by Crippen LogP contribution is 2.40. The van der Waals surface area contributed by atoms with Gasteiger partial charge in [0.25, 0.3) is 5.92 Å². The van der Waals surface area contributed by atoms with Gasteiger partial charge in [0.05, 0.1) is 18.6 Å². The fourth-order valence-electron chi connectivity index (χ4n) is 2.04. The van der Waals surface area contributed by atoms with E-state index >= 15 is 0 Å². The van der Waals surface area contributed by atoms with Gasteiger partial charge in [-0.25, -0.2) is 8.78 Å². The number of aryl methyl sites for hydroxylation is 1. The van der Waals surface area contributed by atoms with E-state index in [1.165, 1.54) is 19.2 Å². The molecule has 19 heavy (non-hydrogen) atoms. The number of benzene rings is 1. The minimum atomic E-state index is -3.12. The number of carboxylic acids is 1. The Balaban J connectivity index is 3.58. The summed E-state index contributed by atoms with van der Waals surface area (Å²) in [6.07, 6.45) is 0. The minimum Gasteiger partial charge on any atom is -0.496 e. The second-order valence-corrected chi connectivity index (χ2v) is 4.39. The molecule has 1 atom stereocenters. The highest BCUT2D eigenvalue weighted by Gasteiger charge is 2.33. The van der Waals surface area contributed by atoms with E-state index in [9.17, 15) is 13.6 Å². The fourth-order valence-corrected chi connectivity index (χ4v) is 2.04. The van der Waals surface area contributed by atoms with E-state index < -0.39 is 17.8 Å². The molecule has 0 aliphatic rings. The van der Waals surface area contributed by atoms with Gasteiger partial charge in [0.15, 0.2) is 0 Å². The van der Waals surface area contributed by atoms with Crippen molar-refractivity contribution in [1.82, 2.24) is 0 Å². The average Bonchev–Trinajstić information content (AvgIpc) is 2.29. The summed E-state index contributed by atoms with van der Waals surface area (Å²) < 4.78 is 32.1. The Bertz CT molecular complexity index is 484. The van der Waals surface area contributed by atoms with Gasteiger partial charge in [0.1, 0.15) is 5.75 Å². The lowest BCUT2D eigenvalue weighted by molar-refractivity contribution is -0.138. The predicted molar refractivity (Wildman–Crippen MR) is 66.7 cm³/mol. The number of ether oxygens (including phenoxy) is 1. The summed E-state index contributed by atoms with van der Waals surface area (Å²) >= 11 is 0. The third-order valence-electron chi connectivity index (χ3n) is 2.97. The Labute approximate surface area is 110 Å². The third kappa shape index (κ3) is 3.01. The molecule has 0 saturated carbocycles. The van der Waals surface area contributed by atoms with Crippen LogP contribution in [0.15, 0.2) is 12.1 Å². The van der Waals surface area contributed by atoms with Gasteiger partial charge < -0.3 is 15.6 Å². The van der Waals surface area contributed by atoms with Crippen LogP contribution in [0.5, 0.6) is 5.75 Å². The van der Waals surface area contributed by atoms with Gasteiger partial charge in [-0.05, 0) is 18.6 Å². The monoisotopic (exact) mass is 273 g/mol. The standard InChI is InChI=1S/C13H17F2NO3/c1-7-4-5-9(13(2,14)15)11(19-3)10(7)8(6-16)12(17)18/h4-5,8H,6,16H2,1-3H3,(H,17,18). The number of carboxylic acid groups (broad SMARTS) is 1. The number of hydrogen-bond acceptors (Lipinski definition) is 3. The molecule has 1 aromatic carbocycles. The Hall–Kier alpha value is -1.69. The number of methoxy groups -OCH3 is 1. The zero-order chi connectivity index (χ0) is 14.8. The maximum Gasteiger partial charge on any atom is 0.312 e. The van der Waals surface area contributed by atoms with Gasteiger partial charge in [-0.15, -0.1) is 0 Å². The highest BCUT2D eigenvalue weighted by molar-refractivity contribution is 5.78. The van der Waals surface area contributed by atoms with Crippen LogP contribution in [0.2, 0.25) is 0 Å². The molecule has 0 aliphatic carbocycles. The number of hydrogen-bond donors (Lipinski definition) is 2. The zero-order valence-electron chi connectivity index (χ0n) is 11.0. The van der Waals surface area contributed by atoms with E-state index in [2.05, 4.69) is 0 Å². The largest absolute Gasteiger partial charge is 0.496 e. The molecule has 0 aliphatic heterocycles. The second-order valence-electron chi connectivity index (χ2n) is 4.39. The normalized spacial score (nSPS) is 13.2. The van der Waals surface area contributed by atoms with Crippen LogP contribution in [0.1, 0.15) is 29.5 Å². The van der Waals surface area contributed by atoms with Gasteiger partial charge in [-0.1, -0.05) is 6.07 Å². The van der Waals surface area contributed by atoms with Gasteiger partial charge in [-0.2, -0.15) is 0 Å². The molecule has 0 aromatic heterocycles. The Morgan fingerprint density at radius 2 is 2.11 bits per heavy atom. The zero-order valence-corrected chi connectivity index (χ0v) is 11.0. The molecule has 0 amide bonds. The first-order valence-electron chi connectivity index (χ1n) is 5.72. The molecule has 0 saturated heterocycles. The summed E-state index contributed by atoms with van der Waals surface area (Å²) in [4.78, 5) is 11.2. The van der Waals surface area contributed by atoms with Gasteiger partial charge in [-0.3, -0.25) is 4.79 Å². The summed E-state index contributed by atoms with van der Waals surface area (Å²) in [6, 6.07) is 2.70. The van der Waals surface area contributed by atoms with Crippen molar-refractivity contribution in [3.8, 4) is 5.75 Å². The molecule has 3 N–H and O–H groups in total. The van der Waals surface area contributed by atoms with Crippen LogP contribution in [0.4, 0.5) is 8.78 Å². The van der Waals surface area contributed by atoms with Crippen LogP contribution in [0, 0.1) is 6.92 Å². The first-order chi connectivity index (χ1) is 8.73. The number of aliphatic carboxylic acids is 1. The van der Waals surface area contributed by atoms with Crippen molar-refractivity contribution in [2.24, 2.45) is 5.73 Å². The number of nitrogens with two attached hydrogens (primary N) is 1. The number of carbonyl (C=O) groups is 1. The number of alkyl halides is 2. The Morgan fingerprint density at radius 1 is 1.53 bits per heavy atom. The van der Waals surface area contributed by atoms with Crippen molar-refractivity contribution in [2.45, 2.75) is 25.7 Å². The number of halogens is 2. The molecule has 4 nitrogen and oxygen atoms in total. The molecule has 1 unspecified atom stereocenters. The van der Waals surface area contributed by atoms with Crippen molar-refractivity contribution in [3.05, 3.63) is 28.8 Å². The lowest BCUT2D eigenvalue weighted by atomic mass is 9.90. The van der Waals surface area contributed by atoms with Crippen LogP contribution >= 0.6 is 0 Å². The molecular weight excluding hydrogens is 256 g/mol. The molecule has 6 heteroatoms. The SMILES string of the molecule is COc1c(C(C)(F)F)ccc(C)c1C(CN)C(=O)O. The summed E-state index contributed by atoms with van der Waals surface area (Å²) in [5.74, 6) is -5.46. The smallest absolute Gasteiger partial charge is 0.312 e. The van der Waals surface area contributed by atoms with Crippen molar-refractivity contribution in [2.75, 3.05) is 13.7 Å². The first-order valence-corrected chi connectivity index (χ1v) is 5.72. The average molecular weight is 273 g/mol. The van der Waals surface area contributed by atoms with Crippen LogP contribution in [-0.2, 0) is 10.7 Å². The number of rotatable bonds is 5. The predicted octanol–water partition coefficient (Wildman–Crippen LogP) is 2.24. The quantitative estimate of drug-likeness (QED) is 0.863. The lowest BCUT2D eigenvalue weighted by Gasteiger charge is -2.22. The van der Waals surface area contributed by atoms with E-state index in [0.29, 0.717) is 5.56 Å². The third-order valence-corrected chi connectivity index (χ3v) is 2.97. The van der Waals surface area contributed by atoms with E-state index in [-0.39, 0.29) is 23.4 Å². The molecule has 0 heterocycles. The van der Waals surface area contributed by atoms with Crippen molar-refractivity contribution >= 4 is 5.97 Å².